The summed E-state index contributed by atoms with van der Waals surface area (Å²) in [6.07, 6.45) is 3.75. The van der Waals surface area contributed by atoms with E-state index in [2.05, 4.69) is 5.16 Å². The molecule has 0 unspecified atom stereocenters. The monoisotopic (exact) mass is 382 g/mol. The molecule has 1 aromatic rings. The van der Waals surface area contributed by atoms with E-state index < -0.39 is 5.54 Å². The van der Waals surface area contributed by atoms with Crippen LogP contribution in [-0.4, -0.2) is 29.2 Å². The predicted octanol–water partition coefficient (Wildman–Crippen LogP) is 2.78. The van der Waals surface area contributed by atoms with Gasteiger partial charge < -0.3 is 21.2 Å². The number of oxime groups is 1. The van der Waals surface area contributed by atoms with Crippen LogP contribution < -0.4 is 11.5 Å². The van der Waals surface area contributed by atoms with Crippen molar-refractivity contribution >= 4 is 34.9 Å². The van der Waals surface area contributed by atoms with E-state index in [1.807, 2.05) is 0 Å². The number of nitrogens with two attached hydrogens (primary N) is 2. The molecule has 1 aliphatic carbocycles. The number of rotatable bonds is 4. The number of hydrogen-bond acceptors (Lipinski definition) is 4. The number of carbonyl (C=O) groups is 1. The van der Waals surface area contributed by atoms with Gasteiger partial charge in [0.25, 0.3) is 5.91 Å². The zero-order valence-corrected chi connectivity index (χ0v) is 15.4. The van der Waals surface area contributed by atoms with Gasteiger partial charge in [-0.2, -0.15) is 0 Å². The standard InChI is InChI=1S/C17H20Cl2N4O2/c1-23-16(24)13(14(20)17(23)7-2-3-8-17)15(21)22-25-9-10-11(18)5-4-6-12(10)19/h4-6H,2-3,7-9,20H2,1H3,(H2,21,22). The maximum Gasteiger partial charge on any atom is 0.260 e. The Morgan fingerprint density at radius 1 is 1.32 bits per heavy atom. The fraction of sp³-hybridized carbons (Fsp3) is 0.412. The van der Waals surface area contributed by atoms with Gasteiger partial charge in [0.2, 0.25) is 0 Å². The van der Waals surface area contributed by atoms with Crippen molar-refractivity contribution in [2.24, 2.45) is 16.6 Å². The van der Waals surface area contributed by atoms with E-state index in [4.69, 9.17) is 39.5 Å². The molecule has 25 heavy (non-hydrogen) atoms. The third kappa shape index (κ3) is 2.93. The minimum atomic E-state index is -0.432. The third-order valence-electron chi connectivity index (χ3n) is 5.05. The lowest BCUT2D eigenvalue weighted by Crippen LogP contribution is -2.45. The molecular weight excluding hydrogens is 363 g/mol. The zero-order valence-electron chi connectivity index (χ0n) is 13.9. The lowest BCUT2D eigenvalue weighted by atomic mass is 9.93. The molecule has 0 saturated heterocycles. The molecule has 2 aliphatic rings. The number of nitrogens with zero attached hydrogens (tertiary/aromatic N) is 2. The van der Waals surface area contributed by atoms with Crippen molar-refractivity contribution in [2.45, 2.75) is 37.8 Å². The molecule has 8 heteroatoms. The van der Waals surface area contributed by atoms with Crippen LogP contribution in [-0.2, 0) is 16.2 Å². The molecule has 4 N–H and O–H groups in total. The Kier molecular flexibility index (Phi) is 4.84. The maximum absolute atomic E-state index is 12.6. The highest BCUT2D eigenvalue weighted by Crippen LogP contribution is 2.44. The summed E-state index contributed by atoms with van der Waals surface area (Å²) in [6, 6.07) is 5.16. The zero-order chi connectivity index (χ0) is 18.2. The summed E-state index contributed by atoms with van der Waals surface area (Å²) in [6.45, 7) is 0.0432. The first-order chi connectivity index (χ1) is 11.9. The molecule has 6 nitrogen and oxygen atoms in total. The Morgan fingerprint density at radius 2 is 1.92 bits per heavy atom. The van der Waals surface area contributed by atoms with Crippen LogP contribution in [0.25, 0.3) is 0 Å². The average molecular weight is 383 g/mol. The molecule has 1 heterocycles. The molecule has 134 valence electrons. The molecule has 3 rings (SSSR count). The van der Waals surface area contributed by atoms with E-state index in [1.54, 1.807) is 30.1 Å². The molecule has 1 fully saturated rings. The minimum absolute atomic E-state index is 0.0266. The Hall–Kier alpha value is -1.92. The highest BCUT2D eigenvalue weighted by atomic mass is 35.5. The average Bonchev–Trinajstić information content (AvgIpc) is 3.13. The van der Waals surface area contributed by atoms with Crippen molar-refractivity contribution in [3.05, 3.63) is 45.1 Å². The normalized spacial score (nSPS) is 20.0. The van der Waals surface area contributed by atoms with Gasteiger partial charge in [0, 0.05) is 22.7 Å². The second kappa shape index (κ2) is 6.77. The second-order valence-corrected chi connectivity index (χ2v) is 7.16. The fourth-order valence-corrected chi connectivity index (χ4v) is 4.09. The summed E-state index contributed by atoms with van der Waals surface area (Å²) in [4.78, 5) is 19.5. The van der Waals surface area contributed by atoms with Gasteiger partial charge in [-0.1, -0.05) is 47.3 Å². The number of likely N-dealkylation sites (N-methyl/N-ethyl adjacent to an activating group) is 1. The van der Waals surface area contributed by atoms with Crippen LogP contribution >= 0.6 is 23.2 Å². The summed E-state index contributed by atoms with van der Waals surface area (Å²) in [5.41, 5.74) is 13.2. The lowest BCUT2D eigenvalue weighted by molar-refractivity contribution is -0.127. The largest absolute Gasteiger partial charge is 0.399 e. The Balaban J connectivity index is 1.80. The van der Waals surface area contributed by atoms with Crippen LogP contribution in [0.15, 0.2) is 34.6 Å². The molecule has 0 radical (unpaired) electrons. The summed E-state index contributed by atoms with van der Waals surface area (Å²) < 4.78 is 0. The topological polar surface area (TPSA) is 93.9 Å². The molecule has 1 saturated carbocycles. The summed E-state index contributed by atoms with van der Waals surface area (Å²) in [7, 11) is 1.76. The summed E-state index contributed by atoms with van der Waals surface area (Å²) in [5.74, 6) is -0.249. The van der Waals surface area contributed by atoms with Crippen molar-refractivity contribution in [1.29, 1.82) is 0 Å². The van der Waals surface area contributed by atoms with E-state index >= 15 is 0 Å². The molecule has 1 amide bonds. The first-order valence-corrected chi connectivity index (χ1v) is 8.81. The second-order valence-electron chi connectivity index (χ2n) is 6.34. The molecule has 1 aliphatic heterocycles. The van der Waals surface area contributed by atoms with Gasteiger partial charge in [-0.25, -0.2) is 0 Å². The van der Waals surface area contributed by atoms with Crippen molar-refractivity contribution in [3.8, 4) is 0 Å². The Bertz CT molecular complexity index is 750. The molecule has 0 aromatic heterocycles. The van der Waals surface area contributed by atoms with Crippen molar-refractivity contribution in [1.82, 2.24) is 4.90 Å². The number of hydrogen-bond donors (Lipinski definition) is 2. The number of benzene rings is 1. The van der Waals surface area contributed by atoms with Crippen LogP contribution in [0, 0.1) is 0 Å². The fourth-order valence-electron chi connectivity index (χ4n) is 3.59. The van der Waals surface area contributed by atoms with Crippen molar-refractivity contribution < 1.29 is 9.63 Å². The SMILES string of the molecule is CN1C(=O)C(/C(N)=N\OCc2c(Cl)cccc2Cl)=C(N)C12CCCC2. The van der Waals surface area contributed by atoms with Gasteiger partial charge in [-0.15, -0.1) is 0 Å². The van der Waals surface area contributed by atoms with Gasteiger partial charge >= 0.3 is 0 Å². The number of carbonyl (C=O) groups excluding carboxylic acids is 1. The summed E-state index contributed by atoms with van der Waals surface area (Å²) in [5, 5.41) is 4.81. The van der Waals surface area contributed by atoms with E-state index in [0.29, 0.717) is 21.3 Å². The van der Waals surface area contributed by atoms with Crippen LogP contribution in [0.2, 0.25) is 10.0 Å². The quantitative estimate of drug-likeness (QED) is 0.475. The molecule has 1 aromatic carbocycles. The number of amides is 1. The van der Waals surface area contributed by atoms with Gasteiger partial charge in [0.15, 0.2) is 5.84 Å². The highest BCUT2D eigenvalue weighted by Gasteiger charge is 2.51. The van der Waals surface area contributed by atoms with Crippen LogP contribution in [0.4, 0.5) is 0 Å². The Labute approximate surface area is 156 Å². The van der Waals surface area contributed by atoms with Gasteiger partial charge in [-0.3, -0.25) is 4.79 Å². The summed E-state index contributed by atoms with van der Waals surface area (Å²) >= 11 is 12.2. The lowest BCUT2D eigenvalue weighted by Gasteiger charge is -2.33. The molecule has 0 bridgehead atoms. The third-order valence-corrected chi connectivity index (χ3v) is 5.76. The van der Waals surface area contributed by atoms with E-state index in [0.717, 1.165) is 25.7 Å². The van der Waals surface area contributed by atoms with Crippen LogP contribution in [0.1, 0.15) is 31.2 Å². The van der Waals surface area contributed by atoms with E-state index in [1.165, 1.54) is 0 Å². The smallest absolute Gasteiger partial charge is 0.260 e. The van der Waals surface area contributed by atoms with Gasteiger partial charge in [0.1, 0.15) is 12.2 Å². The van der Waals surface area contributed by atoms with Gasteiger partial charge in [-0.05, 0) is 25.0 Å². The molecule has 0 atom stereocenters. The maximum atomic E-state index is 12.6. The number of halogens is 2. The first-order valence-electron chi connectivity index (χ1n) is 8.05. The minimum Gasteiger partial charge on any atom is -0.399 e. The predicted molar refractivity (Wildman–Crippen MR) is 98.1 cm³/mol. The van der Waals surface area contributed by atoms with Crippen molar-refractivity contribution in [2.75, 3.05) is 7.05 Å². The molecule has 1 spiro atoms. The van der Waals surface area contributed by atoms with Gasteiger partial charge in [0.05, 0.1) is 11.2 Å². The van der Waals surface area contributed by atoms with E-state index in [9.17, 15) is 4.79 Å². The van der Waals surface area contributed by atoms with Crippen LogP contribution in [0.3, 0.4) is 0 Å². The number of amidine groups is 1. The molecular formula is C17H20Cl2N4O2. The Morgan fingerprint density at radius 3 is 2.52 bits per heavy atom. The first kappa shape index (κ1) is 17.9. The van der Waals surface area contributed by atoms with Crippen LogP contribution in [0.5, 0.6) is 0 Å². The van der Waals surface area contributed by atoms with E-state index in [-0.39, 0.29) is 23.9 Å². The van der Waals surface area contributed by atoms with Crippen molar-refractivity contribution in [3.63, 3.8) is 0 Å². The highest BCUT2D eigenvalue weighted by molar-refractivity contribution is 6.35.